The van der Waals surface area contributed by atoms with Gasteiger partial charge in [-0.3, -0.25) is 20.2 Å². The Morgan fingerprint density at radius 2 is 1.43 bits per heavy atom. The summed E-state index contributed by atoms with van der Waals surface area (Å²) < 4.78 is 0. The predicted octanol–water partition coefficient (Wildman–Crippen LogP) is 0.590. The first-order chi connectivity index (χ1) is 6.13. The third-order valence-corrected chi connectivity index (χ3v) is 1.50. The summed E-state index contributed by atoms with van der Waals surface area (Å²) in [5, 5.41) is 20.6. The average molecular weight is 206 g/mol. The Morgan fingerprint density at radius 1 is 1.00 bits per heavy atom. The van der Waals surface area contributed by atoms with Gasteiger partial charge in [0.15, 0.2) is 0 Å². The molecule has 0 bridgehead atoms. The third kappa shape index (κ3) is 3.06. The number of hydrogen-bond acceptors (Lipinski definition) is 4. The molecular weight excluding hydrogens is 199 g/mol. The zero-order valence-corrected chi connectivity index (χ0v) is 6.49. The maximum absolute atomic E-state index is 10.3. The van der Waals surface area contributed by atoms with E-state index in [9.17, 15) is 20.2 Å². The fraction of sp³-hybridized carbons (Fsp3) is 0.143. The molecule has 0 N–H and O–H groups in total. The molecule has 0 saturated heterocycles. The van der Waals surface area contributed by atoms with E-state index in [0.717, 1.165) is 0 Å². The molecule has 6 nitrogen and oxygen atoms in total. The summed E-state index contributed by atoms with van der Waals surface area (Å²) >= 11 is 0. The minimum absolute atomic E-state index is 0. The van der Waals surface area contributed by atoms with Crippen molar-refractivity contribution < 1.29 is 9.85 Å². The van der Waals surface area contributed by atoms with Crippen LogP contribution in [0.5, 0.6) is 0 Å². The van der Waals surface area contributed by atoms with Gasteiger partial charge < -0.3 is 0 Å². The Balaban J connectivity index is 0.00000169. The van der Waals surface area contributed by atoms with E-state index in [4.69, 9.17) is 0 Å². The molecule has 0 heterocycles. The molecule has 0 atom stereocenters. The Bertz CT molecular complexity index is 316. The summed E-state index contributed by atoms with van der Waals surface area (Å²) in [5.74, 6) is 0. The van der Waals surface area contributed by atoms with Crippen LogP contribution in [-0.4, -0.2) is 39.4 Å². The van der Waals surface area contributed by atoms with E-state index in [2.05, 4.69) is 0 Å². The van der Waals surface area contributed by atoms with Gasteiger partial charge in [-0.1, -0.05) is 18.2 Å². The summed E-state index contributed by atoms with van der Waals surface area (Å²) in [4.78, 5) is 18.8. The van der Waals surface area contributed by atoms with E-state index in [1.807, 2.05) is 0 Å². The van der Waals surface area contributed by atoms with Crippen molar-refractivity contribution in [3.05, 3.63) is 56.1 Å². The van der Waals surface area contributed by atoms with Crippen molar-refractivity contribution in [2.24, 2.45) is 0 Å². The van der Waals surface area contributed by atoms with E-state index in [1.165, 1.54) is 24.3 Å². The van der Waals surface area contributed by atoms with Crippen LogP contribution in [0.3, 0.4) is 0 Å². The molecule has 0 spiro atoms. The number of nitrogens with zero attached hydrogens (tertiary/aromatic N) is 2. The molecule has 0 aliphatic rings. The van der Waals surface area contributed by atoms with Gasteiger partial charge in [0.05, 0.1) is 0 Å². The van der Waals surface area contributed by atoms with Crippen molar-refractivity contribution in [2.75, 3.05) is 0 Å². The molecule has 14 heavy (non-hydrogen) atoms. The predicted molar refractivity (Wildman–Crippen MR) is 50.3 cm³/mol. The second-order valence-corrected chi connectivity index (χ2v) is 2.36. The van der Waals surface area contributed by atoms with Gasteiger partial charge in [0, 0.05) is 0 Å². The zero-order valence-electron chi connectivity index (χ0n) is 6.49. The molecular formula is C7H7N2NaO4. The molecule has 0 aromatic heterocycles. The number of hydrogen-bond donors (Lipinski definition) is 0. The summed E-state index contributed by atoms with van der Waals surface area (Å²) in [6.07, 6.45) is -1.86. The van der Waals surface area contributed by atoms with Gasteiger partial charge in [-0.25, -0.2) is 0 Å². The molecule has 0 aliphatic heterocycles. The Hall–Kier alpha value is -0.980. The van der Waals surface area contributed by atoms with E-state index < -0.39 is 16.0 Å². The van der Waals surface area contributed by atoms with Crippen LogP contribution in [0.15, 0.2) is 30.3 Å². The van der Waals surface area contributed by atoms with Crippen LogP contribution in [0.1, 0.15) is 11.7 Å². The Kier molecular flexibility index (Phi) is 5.29. The van der Waals surface area contributed by atoms with E-state index in [-0.39, 0.29) is 35.1 Å². The SMILES string of the molecule is O=[N+]([O-])C(c1ccccc1)[N+](=O)[O-].[NaH]. The second kappa shape index (κ2) is 5.69. The molecule has 1 aromatic rings. The fourth-order valence-corrected chi connectivity index (χ4v) is 0.946. The van der Waals surface area contributed by atoms with Gasteiger partial charge >= 0.3 is 35.7 Å². The molecule has 0 fully saturated rings. The molecule has 1 aromatic carbocycles. The van der Waals surface area contributed by atoms with E-state index >= 15 is 0 Å². The zero-order chi connectivity index (χ0) is 9.84. The first-order valence-electron chi connectivity index (χ1n) is 3.45. The van der Waals surface area contributed by atoms with Crippen molar-refractivity contribution in [2.45, 2.75) is 6.17 Å². The Labute approximate surface area is 102 Å². The van der Waals surface area contributed by atoms with Gasteiger partial charge in [-0.15, -0.1) is 0 Å². The molecule has 7 heteroatoms. The maximum atomic E-state index is 10.3. The van der Waals surface area contributed by atoms with Crippen LogP contribution in [0, 0.1) is 20.2 Å². The fourth-order valence-electron chi connectivity index (χ4n) is 0.946. The third-order valence-electron chi connectivity index (χ3n) is 1.50. The first-order valence-corrected chi connectivity index (χ1v) is 3.45. The summed E-state index contributed by atoms with van der Waals surface area (Å²) in [6, 6.07) is 7.40. The summed E-state index contributed by atoms with van der Waals surface area (Å²) in [7, 11) is 0. The van der Waals surface area contributed by atoms with Gasteiger partial charge in [0.1, 0.15) is 15.4 Å². The number of rotatable bonds is 3. The van der Waals surface area contributed by atoms with Crippen LogP contribution in [0.2, 0.25) is 0 Å². The normalized spacial score (nSPS) is 9.21. The van der Waals surface area contributed by atoms with E-state index in [1.54, 1.807) is 6.07 Å². The summed E-state index contributed by atoms with van der Waals surface area (Å²) in [6.45, 7) is 0. The molecule has 0 amide bonds. The van der Waals surface area contributed by atoms with Crippen LogP contribution in [0.4, 0.5) is 0 Å². The topological polar surface area (TPSA) is 86.3 Å². The standard InChI is InChI=1S/C7H6N2O4.Na.H/c10-8(11)7(9(12)13)6-4-2-1-3-5-6;;/h1-5,7H;;. The number of nitro groups is 2. The van der Waals surface area contributed by atoms with Gasteiger partial charge in [-0.05, 0) is 12.1 Å². The van der Waals surface area contributed by atoms with Gasteiger partial charge in [-0.2, -0.15) is 0 Å². The van der Waals surface area contributed by atoms with Crippen molar-refractivity contribution in [3.8, 4) is 0 Å². The van der Waals surface area contributed by atoms with Crippen LogP contribution in [0.25, 0.3) is 0 Å². The van der Waals surface area contributed by atoms with Crippen LogP contribution >= 0.6 is 0 Å². The van der Waals surface area contributed by atoms with Gasteiger partial charge in [0.25, 0.3) is 0 Å². The monoisotopic (exact) mass is 206 g/mol. The molecule has 0 saturated carbocycles. The van der Waals surface area contributed by atoms with E-state index in [0.29, 0.717) is 0 Å². The molecule has 0 unspecified atom stereocenters. The van der Waals surface area contributed by atoms with Crippen molar-refractivity contribution in [1.29, 1.82) is 0 Å². The molecule has 70 valence electrons. The van der Waals surface area contributed by atoms with Crippen LogP contribution < -0.4 is 0 Å². The summed E-state index contributed by atoms with van der Waals surface area (Å²) in [5.41, 5.74) is 0.0810. The van der Waals surface area contributed by atoms with Gasteiger partial charge in [0.2, 0.25) is 0 Å². The minimum atomic E-state index is -1.86. The number of benzene rings is 1. The van der Waals surface area contributed by atoms with Crippen molar-refractivity contribution in [3.63, 3.8) is 0 Å². The quantitative estimate of drug-likeness (QED) is 0.313. The Morgan fingerprint density at radius 3 is 1.79 bits per heavy atom. The van der Waals surface area contributed by atoms with Crippen molar-refractivity contribution in [1.82, 2.24) is 0 Å². The molecule has 0 aliphatic carbocycles. The van der Waals surface area contributed by atoms with Crippen LogP contribution in [-0.2, 0) is 0 Å². The first kappa shape index (κ1) is 13.0. The second-order valence-electron chi connectivity index (χ2n) is 2.36. The molecule has 1 rings (SSSR count). The average Bonchev–Trinajstić information content (AvgIpc) is 2.04. The molecule has 0 radical (unpaired) electrons. The van der Waals surface area contributed by atoms with Crippen molar-refractivity contribution >= 4 is 29.6 Å².